The molecule has 6 nitrogen and oxygen atoms in total. The van der Waals surface area contributed by atoms with E-state index in [1.165, 1.54) is 0 Å². The summed E-state index contributed by atoms with van der Waals surface area (Å²) in [6.07, 6.45) is 5.74. The number of hydrogen-bond acceptors (Lipinski definition) is 4. The van der Waals surface area contributed by atoms with E-state index in [1.54, 1.807) is 6.07 Å². The second-order valence-corrected chi connectivity index (χ2v) is 8.18. The van der Waals surface area contributed by atoms with Crippen LogP contribution < -0.4 is 0 Å². The molecule has 0 aliphatic carbocycles. The van der Waals surface area contributed by atoms with Gasteiger partial charge in [0.15, 0.2) is 0 Å². The van der Waals surface area contributed by atoms with Crippen molar-refractivity contribution in [3.8, 4) is 0 Å². The Bertz CT molecular complexity index is 703. The van der Waals surface area contributed by atoms with Crippen molar-refractivity contribution in [2.45, 2.75) is 51.5 Å². The van der Waals surface area contributed by atoms with Gasteiger partial charge in [-0.05, 0) is 57.6 Å². The lowest BCUT2D eigenvalue weighted by Crippen LogP contribution is -2.62. The van der Waals surface area contributed by atoms with E-state index < -0.39 is 0 Å². The highest BCUT2D eigenvalue weighted by atomic mass is 16.5. The van der Waals surface area contributed by atoms with Gasteiger partial charge < -0.3 is 14.5 Å². The van der Waals surface area contributed by atoms with Gasteiger partial charge in [0.1, 0.15) is 11.7 Å². The van der Waals surface area contributed by atoms with Gasteiger partial charge in [0.25, 0.3) is 5.91 Å². The molecule has 146 valence electrons. The zero-order chi connectivity index (χ0) is 18.9. The Morgan fingerprint density at radius 2 is 1.81 bits per heavy atom. The summed E-state index contributed by atoms with van der Waals surface area (Å²) in [6.45, 7) is 5.49. The molecule has 2 amide bonds. The van der Waals surface area contributed by atoms with Gasteiger partial charge in [0.2, 0.25) is 5.91 Å². The minimum absolute atomic E-state index is 0.109. The number of carbonyl (C=O) groups excluding carboxylic acids is 2. The molecule has 0 aromatic carbocycles. The summed E-state index contributed by atoms with van der Waals surface area (Å²) in [5, 5.41) is 0. The first-order valence-corrected chi connectivity index (χ1v) is 10.2. The lowest BCUT2D eigenvalue weighted by Gasteiger charge is -2.51. The second kappa shape index (κ2) is 7.58. The first kappa shape index (κ1) is 18.4. The molecule has 0 N–H and O–H groups in total. The molecule has 1 aromatic heterocycles. The quantitative estimate of drug-likeness (QED) is 0.801. The summed E-state index contributed by atoms with van der Waals surface area (Å²) in [4.78, 5) is 35.2. The summed E-state index contributed by atoms with van der Waals surface area (Å²) < 4.78 is 5.61. The highest BCUT2D eigenvalue weighted by Gasteiger charge is 2.52. The van der Waals surface area contributed by atoms with E-state index in [2.05, 4.69) is 4.98 Å². The van der Waals surface area contributed by atoms with Crippen molar-refractivity contribution in [3.63, 3.8) is 0 Å². The van der Waals surface area contributed by atoms with Gasteiger partial charge in [-0.1, -0.05) is 6.07 Å². The average Bonchev–Trinajstić information content (AvgIpc) is 3.22. The molecule has 0 bridgehead atoms. The van der Waals surface area contributed by atoms with E-state index in [0.717, 1.165) is 57.3 Å². The summed E-state index contributed by atoms with van der Waals surface area (Å²) in [6, 6.07) is 5.13. The smallest absolute Gasteiger partial charge is 0.273 e. The van der Waals surface area contributed by atoms with E-state index in [1.807, 2.05) is 28.9 Å². The number of piperidine rings is 1. The Balaban J connectivity index is 1.69. The molecule has 3 saturated heterocycles. The molecule has 0 radical (unpaired) electrons. The molecular weight excluding hydrogens is 342 g/mol. The topological polar surface area (TPSA) is 62.7 Å². The standard InChI is InChI=1S/C21H29N3O3/c1-16-6-4-7-17(22-16)19(25)24-13-5-8-21(9-14-27-15-10-21)18(24)20(26)23-11-2-3-12-23/h4,6-7,18H,2-3,5,8-15H2,1H3. The molecule has 1 spiro atoms. The van der Waals surface area contributed by atoms with Crippen LogP contribution >= 0.6 is 0 Å². The van der Waals surface area contributed by atoms with Gasteiger partial charge in [0.05, 0.1) is 0 Å². The van der Waals surface area contributed by atoms with Crippen LogP contribution in [0.3, 0.4) is 0 Å². The van der Waals surface area contributed by atoms with Crippen molar-refractivity contribution in [2.24, 2.45) is 5.41 Å². The largest absolute Gasteiger partial charge is 0.381 e. The predicted molar refractivity (Wildman–Crippen MR) is 101 cm³/mol. The first-order valence-electron chi connectivity index (χ1n) is 10.2. The van der Waals surface area contributed by atoms with Crippen molar-refractivity contribution < 1.29 is 14.3 Å². The van der Waals surface area contributed by atoms with Crippen LogP contribution in [0.15, 0.2) is 18.2 Å². The zero-order valence-corrected chi connectivity index (χ0v) is 16.2. The van der Waals surface area contributed by atoms with Crippen LogP contribution in [-0.4, -0.2) is 65.5 Å². The van der Waals surface area contributed by atoms with Gasteiger partial charge in [-0.25, -0.2) is 4.98 Å². The Hall–Kier alpha value is -1.95. The Morgan fingerprint density at radius 3 is 2.52 bits per heavy atom. The first-order chi connectivity index (χ1) is 13.1. The summed E-state index contributed by atoms with van der Waals surface area (Å²) in [5.74, 6) is 0.0249. The maximum Gasteiger partial charge on any atom is 0.273 e. The SMILES string of the molecule is Cc1cccc(C(=O)N2CCCC3(CCOCC3)C2C(=O)N2CCCC2)n1. The molecule has 4 heterocycles. The number of carbonyl (C=O) groups is 2. The fourth-order valence-corrected chi connectivity index (χ4v) is 5.03. The molecule has 1 unspecified atom stereocenters. The molecule has 1 aromatic rings. The van der Waals surface area contributed by atoms with Crippen LogP contribution in [0.5, 0.6) is 0 Å². The van der Waals surface area contributed by atoms with E-state index in [9.17, 15) is 9.59 Å². The third-order valence-electron chi connectivity index (χ3n) is 6.47. The van der Waals surface area contributed by atoms with Crippen molar-refractivity contribution in [3.05, 3.63) is 29.6 Å². The Labute approximate surface area is 160 Å². The maximum atomic E-state index is 13.6. The minimum Gasteiger partial charge on any atom is -0.381 e. The lowest BCUT2D eigenvalue weighted by molar-refractivity contribution is -0.147. The molecule has 1 atom stereocenters. The Kier molecular flexibility index (Phi) is 5.17. The van der Waals surface area contributed by atoms with E-state index in [0.29, 0.717) is 25.5 Å². The van der Waals surface area contributed by atoms with Crippen molar-refractivity contribution in [1.29, 1.82) is 0 Å². The Morgan fingerprint density at radius 1 is 1.07 bits per heavy atom. The molecular formula is C21H29N3O3. The van der Waals surface area contributed by atoms with Crippen LogP contribution in [0.25, 0.3) is 0 Å². The zero-order valence-electron chi connectivity index (χ0n) is 16.2. The summed E-state index contributed by atoms with van der Waals surface area (Å²) >= 11 is 0. The number of rotatable bonds is 2. The van der Waals surface area contributed by atoms with E-state index in [4.69, 9.17) is 4.74 Å². The molecule has 6 heteroatoms. The number of nitrogens with zero attached hydrogens (tertiary/aromatic N) is 3. The van der Waals surface area contributed by atoms with Gasteiger partial charge in [-0.3, -0.25) is 9.59 Å². The maximum absolute atomic E-state index is 13.6. The van der Waals surface area contributed by atoms with Crippen LogP contribution in [0, 0.1) is 12.3 Å². The fourth-order valence-electron chi connectivity index (χ4n) is 5.03. The van der Waals surface area contributed by atoms with Gasteiger partial charge in [0, 0.05) is 44.0 Å². The molecule has 0 saturated carbocycles. The third kappa shape index (κ3) is 3.47. The lowest BCUT2D eigenvalue weighted by atomic mass is 9.67. The van der Waals surface area contributed by atoms with Crippen LogP contribution in [0.1, 0.15) is 54.7 Å². The number of pyridine rings is 1. The van der Waals surface area contributed by atoms with Gasteiger partial charge in [-0.15, -0.1) is 0 Å². The molecule has 27 heavy (non-hydrogen) atoms. The van der Waals surface area contributed by atoms with Crippen LogP contribution in [0.2, 0.25) is 0 Å². The van der Waals surface area contributed by atoms with Crippen LogP contribution in [0.4, 0.5) is 0 Å². The van der Waals surface area contributed by atoms with Crippen molar-refractivity contribution in [2.75, 3.05) is 32.8 Å². The molecule has 4 rings (SSSR count). The average molecular weight is 371 g/mol. The monoisotopic (exact) mass is 371 g/mol. The highest BCUT2D eigenvalue weighted by molar-refractivity contribution is 5.96. The number of likely N-dealkylation sites (tertiary alicyclic amines) is 2. The molecule has 3 aliphatic rings. The highest BCUT2D eigenvalue weighted by Crippen LogP contribution is 2.45. The van der Waals surface area contributed by atoms with Crippen molar-refractivity contribution in [1.82, 2.24) is 14.8 Å². The number of amides is 2. The van der Waals surface area contributed by atoms with E-state index in [-0.39, 0.29) is 23.3 Å². The van der Waals surface area contributed by atoms with Crippen molar-refractivity contribution >= 4 is 11.8 Å². The molecule has 3 aliphatic heterocycles. The fraction of sp³-hybridized carbons (Fsp3) is 0.667. The number of ether oxygens (including phenoxy) is 1. The summed E-state index contributed by atoms with van der Waals surface area (Å²) in [5.41, 5.74) is 1.11. The normalized spacial score (nSPS) is 25.0. The number of aromatic nitrogens is 1. The predicted octanol–water partition coefficient (Wildman–Crippen LogP) is 2.41. The summed E-state index contributed by atoms with van der Waals surface area (Å²) in [7, 11) is 0. The third-order valence-corrected chi connectivity index (χ3v) is 6.47. The number of hydrogen-bond donors (Lipinski definition) is 0. The van der Waals surface area contributed by atoms with Gasteiger partial charge in [-0.2, -0.15) is 0 Å². The minimum atomic E-state index is -0.386. The van der Waals surface area contributed by atoms with Gasteiger partial charge >= 0.3 is 0 Å². The van der Waals surface area contributed by atoms with E-state index >= 15 is 0 Å². The molecule has 3 fully saturated rings. The van der Waals surface area contributed by atoms with Crippen LogP contribution in [-0.2, 0) is 9.53 Å². The number of aryl methyl sites for hydroxylation is 1. The second-order valence-electron chi connectivity index (χ2n) is 8.18.